The first kappa shape index (κ1) is 19.4. The van der Waals surface area contributed by atoms with E-state index in [9.17, 15) is 9.59 Å². The van der Waals surface area contributed by atoms with E-state index in [4.69, 9.17) is 4.74 Å². The van der Waals surface area contributed by atoms with Crippen LogP contribution < -0.4 is 0 Å². The minimum atomic E-state index is -0.327. The SMILES string of the molecule is CC(=O)OC/C=C(\C)CC/C=C(C)/C=C/C(=O)C(C)(C)C. The summed E-state index contributed by atoms with van der Waals surface area (Å²) >= 11 is 0. The Bertz CT molecular complexity index is 446. The van der Waals surface area contributed by atoms with E-state index in [1.807, 2.05) is 46.8 Å². The van der Waals surface area contributed by atoms with E-state index in [1.165, 1.54) is 12.5 Å². The van der Waals surface area contributed by atoms with E-state index in [2.05, 4.69) is 6.08 Å². The first-order valence-electron chi connectivity index (χ1n) is 7.31. The molecule has 3 heteroatoms. The van der Waals surface area contributed by atoms with Crippen LogP contribution in [0.25, 0.3) is 0 Å². The van der Waals surface area contributed by atoms with Gasteiger partial charge in [-0.05, 0) is 38.8 Å². The second-order valence-electron chi connectivity index (χ2n) is 6.29. The van der Waals surface area contributed by atoms with Crippen molar-refractivity contribution in [3.8, 4) is 0 Å². The van der Waals surface area contributed by atoms with Gasteiger partial charge in [0.05, 0.1) is 0 Å². The molecule has 0 unspecified atom stereocenters. The second-order valence-corrected chi connectivity index (χ2v) is 6.29. The third-order valence-corrected chi connectivity index (χ3v) is 2.96. The maximum absolute atomic E-state index is 11.8. The summed E-state index contributed by atoms with van der Waals surface area (Å²) in [5, 5.41) is 0. The molecule has 0 heterocycles. The van der Waals surface area contributed by atoms with Crippen LogP contribution >= 0.6 is 0 Å². The van der Waals surface area contributed by atoms with Crippen molar-refractivity contribution in [3.63, 3.8) is 0 Å². The van der Waals surface area contributed by atoms with Crippen molar-refractivity contribution < 1.29 is 14.3 Å². The number of allylic oxidation sites excluding steroid dienone is 5. The molecule has 3 nitrogen and oxygen atoms in total. The fourth-order valence-corrected chi connectivity index (χ4v) is 1.46. The molecule has 0 rings (SSSR count). The molecular formula is C18H28O3. The number of carbonyl (C=O) groups excluding carboxylic acids is 2. The van der Waals surface area contributed by atoms with Crippen LogP contribution in [0, 0.1) is 5.41 Å². The van der Waals surface area contributed by atoms with Crippen LogP contribution in [0.15, 0.2) is 35.5 Å². The molecule has 0 spiro atoms. The van der Waals surface area contributed by atoms with Crippen molar-refractivity contribution in [3.05, 3.63) is 35.5 Å². The van der Waals surface area contributed by atoms with Gasteiger partial charge in [0, 0.05) is 12.3 Å². The number of carbonyl (C=O) groups is 2. The van der Waals surface area contributed by atoms with Gasteiger partial charge in [-0.2, -0.15) is 0 Å². The maximum Gasteiger partial charge on any atom is 0.302 e. The van der Waals surface area contributed by atoms with Gasteiger partial charge in [0.25, 0.3) is 0 Å². The number of ether oxygens (including phenoxy) is 1. The smallest absolute Gasteiger partial charge is 0.302 e. The molecule has 0 aromatic rings. The lowest BCUT2D eigenvalue weighted by Crippen LogP contribution is -2.17. The number of hydrogen-bond donors (Lipinski definition) is 0. The largest absolute Gasteiger partial charge is 0.462 e. The minimum Gasteiger partial charge on any atom is -0.462 e. The number of hydrogen-bond acceptors (Lipinski definition) is 3. The van der Waals surface area contributed by atoms with Crippen molar-refractivity contribution in [2.24, 2.45) is 5.41 Å². The second kappa shape index (κ2) is 9.32. The van der Waals surface area contributed by atoms with Crippen LogP contribution in [0.5, 0.6) is 0 Å². The molecule has 0 aliphatic rings. The molecule has 0 saturated heterocycles. The summed E-state index contributed by atoms with van der Waals surface area (Å²) in [6.45, 7) is 11.5. The van der Waals surface area contributed by atoms with Gasteiger partial charge in [0.1, 0.15) is 6.61 Å². The highest BCUT2D eigenvalue weighted by molar-refractivity contribution is 5.94. The summed E-state index contributed by atoms with van der Waals surface area (Å²) in [5.41, 5.74) is 1.95. The lowest BCUT2D eigenvalue weighted by atomic mass is 9.90. The lowest BCUT2D eigenvalue weighted by Gasteiger charge is -2.12. The number of rotatable bonds is 7. The summed E-state index contributed by atoms with van der Waals surface area (Å²) < 4.78 is 4.86. The lowest BCUT2D eigenvalue weighted by molar-refractivity contribution is -0.139. The molecule has 0 aliphatic carbocycles. The first-order valence-corrected chi connectivity index (χ1v) is 7.31. The van der Waals surface area contributed by atoms with Crippen LogP contribution in [0.1, 0.15) is 54.4 Å². The van der Waals surface area contributed by atoms with Gasteiger partial charge in [0.15, 0.2) is 5.78 Å². The summed E-state index contributed by atoms with van der Waals surface area (Å²) in [5.74, 6) is -0.129. The van der Waals surface area contributed by atoms with Crippen LogP contribution in [0.4, 0.5) is 0 Å². The van der Waals surface area contributed by atoms with Crippen molar-refractivity contribution in [2.75, 3.05) is 6.61 Å². The van der Waals surface area contributed by atoms with E-state index >= 15 is 0 Å². The molecule has 0 amide bonds. The fourth-order valence-electron chi connectivity index (χ4n) is 1.46. The quantitative estimate of drug-likeness (QED) is 0.302. The van der Waals surface area contributed by atoms with Gasteiger partial charge < -0.3 is 4.74 Å². The fraction of sp³-hybridized carbons (Fsp3) is 0.556. The molecule has 0 saturated carbocycles. The van der Waals surface area contributed by atoms with E-state index < -0.39 is 0 Å². The zero-order valence-electron chi connectivity index (χ0n) is 14.2. The van der Waals surface area contributed by atoms with Gasteiger partial charge in [-0.15, -0.1) is 0 Å². The Hall–Kier alpha value is -1.64. The third-order valence-electron chi connectivity index (χ3n) is 2.96. The van der Waals surface area contributed by atoms with Gasteiger partial charge in [-0.3, -0.25) is 9.59 Å². The Kier molecular flexibility index (Phi) is 8.60. The third kappa shape index (κ3) is 10.8. The normalized spacial score (nSPS) is 13.6. The summed E-state index contributed by atoms with van der Waals surface area (Å²) in [6, 6.07) is 0. The maximum atomic E-state index is 11.8. The topological polar surface area (TPSA) is 43.4 Å². The Labute approximate surface area is 128 Å². The van der Waals surface area contributed by atoms with E-state index in [0.717, 1.165) is 18.4 Å². The average Bonchev–Trinajstić information content (AvgIpc) is 2.34. The molecule has 0 aromatic heterocycles. The highest BCUT2D eigenvalue weighted by Crippen LogP contribution is 2.15. The van der Waals surface area contributed by atoms with Crippen LogP contribution in [-0.2, 0) is 14.3 Å². The first-order chi connectivity index (χ1) is 9.62. The predicted octanol–water partition coefficient (Wildman–Crippen LogP) is 4.39. The summed E-state index contributed by atoms with van der Waals surface area (Å²) in [7, 11) is 0. The number of esters is 1. The van der Waals surface area contributed by atoms with Crippen molar-refractivity contribution in [2.45, 2.75) is 54.4 Å². The Morgan fingerprint density at radius 2 is 1.62 bits per heavy atom. The molecule has 0 fully saturated rings. The molecule has 0 atom stereocenters. The average molecular weight is 292 g/mol. The molecule has 0 radical (unpaired) electrons. The molecule has 21 heavy (non-hydrogen) atoms. The van der Waals surface area contributed by atoms with Crippen molar-refractivity contribution in [1.82, 2.24) is 0 Å². The molecule has 0 aliphatic heterocycles. The van der Waals surface area contributed by atoms with Crippen LogP contribution in [0.3, 0.4) is 0 Å². The molecule has 118 valence electrons. The van der Waals surface area contributed by atoms with E-state index in [-0.39, 0.29) is 17.2 Å². The Balaban J connectivity index is 4.22. The van der Waals surface area contributed by atoms with Crippen LogP contribution in [0.2, 0.25) is 0 Å². The summed E-state index contributed by atoms with van der Waals surface area (Å²) in [6.07, 6.45) is 9.36. The predicted molar refractivity (Wildman–Crippen MR) is 87.0 cm³/mol. The van der Waals surface area contributed by atoms with E-state index in [1.54, 1.807) is 6.08 Å². The van der Waals surface area contributed by atoms with Gasteiger partial charge >= 0.3 is 5.97 Å². The van der Waals surface area contributed by atoms with Gasteiger partial charge in [-0.1, -0.05) is 44.1 Å². The van der Waals surface area contributed by atoms with E-state index in [0.29, 0.717) is 6.61 Å². The minimum absolute atomic E-state index is 0.132. The zero-order chi connectivity index (χ0) is 16.5. The zero-order valence-corrected chi connectivity index (χ0v) is 14.2. The number of ketones is 1. The monoisotopic (exact) mass is 292 g/mol. The van der Waals surface area contributed by atoms with Crippen LogP contribution in [-0.4, -0.2) is 18.4 Å². The Morgan fingerprint density at radius 3 is 2.14 bits per heavy atom. The molecule has 0 aromatic carbocycles. The van der Waals surface area contributed by atoms with Gasteiger partial charge in [0.2, 0.25) is 0 Å². The van der Waals surface area contributed by atoms with Crippen molar-refractivity contribution in [1.29, 1.82) is 0 Å². The molecular weight excluding hydrogens is 264 g/mol. The molecule has 0 bridgehead atoms. The summed E-state index contributed by atoms with van der Waals surface area (Å²) in [4.78, 5) is 22.4. The van der Waals surface area contributed by atoms with Gasteiger partial charge in [-0.25, -0.2) is 0 Å². The van der Waals surface area contributed by atoms with Crippen molar-refractivity contribution >= 4 is 11.8 Å². The Morgan fingerprint density at radius 1 is 1.00 bits per heavy atom. The highest BCUT2D eigenvalue weighted by Gasteiger charge is 2.17. The highest BCUT2D eigenvalue weighted by atomic mass is 16.5. The standard InChI is InChI=1S/C18H28O3/c1-14(10-11-17(20)18(4,5)6)8-7-9-15(2)12-13-21-16(3)19/h8,10-12H,7,9,13H2,1-6H3/b11-10+,14-8+,15-12+. The molecule has 0 N–H and O–H groups in total.